The molecule has 0 bridgehead atoms. The summed E-state index contributed by atoms with van der Waals surface area (Å²) in [5, 5.41) is 0. The molecule has 0 atom stereocenters. The van der Waals surface area contributed by atoms with Crippen molar-refractivity contribution in [2.45, 2.75) is 30.1 Å². The first-order chi connectivity index (χ1) is 8.06. The third-order valence-electron chi connectivity index (χ3n) is 1.79. The molecule has 0 rings (SSSR count). The van der Waals surface area contributed by atoms with E-state index in [1.165, 1.54) is 0 Å². The van der Waals surface area contributed by atoms with Crippen LogP contribution in [0.5, 0.6) is 0 Å². The quantitative estimate of drug-likeness (QED) is 0.700. The summed E-state index contributed by atoms with van der Waals surface area (Å²) in [7, 11) is 0. The van der Waals surface area contributed by atoms with E-state index in [9.17, 15) is 48.3 Å². The van der Waals surface area contributed by atoms with Crippen LogP contribution in [0.2, 0.25) is 0 Å². The normalized spacial score (nSPS) is 15.8. The maximum atomic E-state index is 12.6. The van der Waals surface area contributed by atoms with Crippen molar-refractivity contribution in [2.24, 2.45) is 0 Å². The second kappa shape index (κ2) is 4.63. The van der Waals surface area contributed by atoms with Crippen molar-refractivity contribution in [1.29, 1.82) is 0 Å². The smallest absolute Gasteiger partial charge is 0.316 e. The van der Waals surface area contributed by atoms with Crippen LogP contribution in [0.15, 0.2) is 0 Å². The summed E-state index contributed by atoms with van der Waals surface area (Å²) < 4.78 is 137. The molecular formula is C7H4F11O. The van der Waals surface area contributed by atoms with Gasteiger partial charge in [-0.05, 0) is 6.92 Å². The molecule has 0 amide bonds. The zero-order chi connectivity index (χ0) is 15.9. The molecule has 12 heteroatoms. The Balaban J connectivity index is 5.77. The Morgan fingerprint density at radius 2 is 1.00 bits per heavy atom. The molecule has 0 aliphatic rings. The fraction of sp³-hybridized carbons (Fsp3) is 0.857. The van der Waals surface area contributed by atoms with Gasteiger partial charge in [0.05, 0.1) is 6.61 Å². The first-order valence-electron chi connectivity index (χ1n) is 4.07. The zero-order valence-electron chi connectivity index (χ0n) is 8.48. The fourth-order valence-electron chi connectivity index (χ4n) is 0.777. The van der Waals surface area contributed by atoms with E-state index in [4.69, 9.17) is 0 Å². The van der Waals surface area contributed by atoms with Gasteiger partial charge in [0.2, 0.25) is 0 Å². The summed E-state index contributed by atoms with van der Waals surface area (Å²) in [5.41, 5.74) is 0. The summed E-state index contributed by atoms with van der Waals surface area (Å²) in [5.74, 6) is -21.9. The van der Waals surface area contributed by atoms with Crippen LogP contribution < -0.4 is 0 Å². The first-order valence-corrected chi connectivity index (χ1v) is 4.07. The van der Waals surface area contributed by atoms with E-state index in [0.29, 0.717) is 0 Å². The lowest BCUT2D eigenvalue weighted by molar-refractivity contribution is -0.455. The van der Waals surface area contributed by atoms with Gasteiger partial charge in [-0.3, -0.25) is 0 Å². The van der Waals surface area contributed by atoms with Gasteiger partial charge in [0.15, 0.2) is 0 Å². The lowest BCUT2D eigenvalue weighted by atomic mass is 10.0. The molecule has 0 aliphatic heterocycles. The van der Waals surface area contributed by atoms with E-state index in [0.717, 1.165) is 0 Å². The number of hydrogen-bond acceptors (Lipinski definition) is 1. The molecule has 0 aromatic rings. The lowest BCUT2D eigenvalue weighted by Gasteiger charge is -2.36. The van der Waals surface area contributed by atoms with Crippen molar-refractivity contribution in [2.75, 3.05) is 6.61 Å². The van der Waals surface area contributed by atoms with Crippen LogP contribution in [0.1, 0.15) is 0 Å². The van der Waals surface area contributed by atoms with E-state index in [1.807, 2.05) is 0 Å². The number of halogens is 11. The number of rotatable bonds is 5. The van der Waals surface area contributed by atoms with E-state index < -0.39 is 36.7 Å². The van der Waals surface area contributed by atoms with Crippen molar-refractivity contribution in [3.05, 3.63) is 6.92 Å². The Kier molecular flexibility index (Phi) is 4.43. The molecule has 0 saturated carbocycles. The standard InChI is InChI=1S/C7H4F11O/c1-2-19-7(17,18)5(12,13)3(8,9)4(10,11)6(14,15)16/h1-2H2. The lowest BCUT2D eigenvalue weighted by Crippen LogP contribution is -2.66. The SMILES string of the molecule is [CH2]COC(F)(F)C(F)(F)C(F)(F)C(F)(F)C(F)(F)F. The van der Waals surface area contributed by atoms with Gasteiger partial charge >= 0.3 is 30.1 Å². The minimum Gasteiger partial charge on any atom is -0.316 e. The molecule has 19 heavy (non-hydrogen) atoms. The molecule has 0 saturated heterocycles. The van der Waals surface area contributed by atoms with Crippen molar-refractivity contribution in [1.82, 2.24) is 0 Å². The summed E-state index contributed by atoms with van der Waals surface area (Å²) in [6.07, 6.45) is -13.4. The molecule has 1 nitrogen and oxygen atoms in total. The second-order valence-electron chi connectivity index (χ2n) is 3.09. The Morgan fingerprint density at radius 3 is 1.26 bits per heavy atom. The predicted molar refractivity (Wildman–Crippen MR) is 37.2 cm³/mol. The Labute approximate surface area is 97.9 Å². The van der Waals surface area contributed by atoms with Crippen LogP contribution in [0.3, 0.4) is 0 Å². The van der Waals surface area contributed by atoms with Crippen molar-refractivity contribution in [3.8, 4) is 0 Å². The highest BCUT2D eigenvalue weighted by atomic mass is 19.4. The molecule has 0 aromatic carbocycles. The highest BCUT2D eigenvalue weighted by Crippen LogP contribution is 2.57. The van der Waals surface area contributed by atoms with Gasteiger partial charge in [0.1, 0.15) is 0 Å². The van der Waals surface area contributed by atoms with Gasteiger partial charge < -0.3 is 4.74 Å². The number of hydrogen-bond donors (Lipinski definition) is 0. The fourth-order valence-corrected chi connectivity index (χ4v) is 0.777. The third-order valence-corrected chi connectivity index (χ3v) is 1.79. The Morgan fingerprint density at radius 1 is 0.632 bits per heavy atom. The summed E-state index contributed by atoms with van der Waals surface area (Å²) in [4.78, 5) is 0. The highest BCUT2D eigenvalue weighted by Gasteiger charge is 2.87. The Bertz CT molecular complexity index is 317. The van der Waals surface area contributed by atoms with E-state index in [-0.39, 0.29) is 0 Å². The van der Waals surface area contributed by atoms with Crippen LogP contribution in [0, 0.1) is 6.92 Å². The topological polar surface area (TPSA) is 9.23 Å². The summed E-state index contributed by atoms with van der Waals surface area (Å²) in [6, 6.07) is 0. The van der Waals surface area contributed by atoms with Crippen LogP contribution in [0.4, 0.5) is 48.3 Å². The van der Waals surface area contributed by atoms with Crippen LogP contribution >= 0.6 is 0 Å². The maximum absolute atomic E-state index is 12.6. The van der Waals surface area contributed by atoms with Gasteiger partial charge in [-0.25, -0.2) is 0 Å². The molecule has 0 heterocycles. The molecule has 0 spiro atoms. The largest absolute Gasteiger partial charge is 0.460 e. The van der Waals surface area contributed by atoms with Gasteiger partial charge in [-0.2, -0.15) is 48.3 Å². The molecule has 0 fully saturated rings. The average Bonchev–Trinajstić information content (AvgIpc) is 2.14. The third kappa shape index (κ3) is 2.58. The maximum Gasteiger partial charge on any atom is 0.460 e. The van der Waals surface area contributed by atoms with Gasteiger partial charge in [-0.1, -0.05) is 0 Å². The first kappa shape index (κ1) is 18.2. The minimum atomic E-state index is -7.43. The molecule has 0 aromatic heterocycles. The highest BCUT2D eigenvalue weighted by molar-refractivity contribution is 5.03. The van der Waals surface area contributed by atoms with Gasteiger partial charge in [0, 0.05) is 0 Å². The van der Waals surface area contributed by atoms with Crippen LogP contribution in [-0.2, 0) is 4.74 Å². The van der Waals surface area contributed by atoms with Crippen LogP contribution in [0.25, 0.3) is 0 Å². The molecule has 0 aliphatic carbocycles. The van der Waals surface area contributed by atoms with Crippen LogP contribution in [-0.4, -0.2) is 36.7 Å². The van der Waals surface area contributed by atoms with Gasteiger partial charge in [-0.15, -0.1) is 0 Å². The van der Waals surface area contributed by atoms with E-state index >= 15 is 0 Å². The number of ether oxygens (including phenoxy) is 1. The van der Waals surface area contributed by atoms with Crippen molar-refractivity contribution < 1.29 is 53.0 Å². The number of alkyl halides is 11. The summed E-state index contributed by atoms with van der Waals surface area (Å²) >= 11 is 0. The predicted octanol–water partition coefficient (Wildman–Crippen LogP) is 3.90. The van der Waals surface area contributed by atoms with Crippen molar-refractivity contribution in [3.63, 3.8) is 0 Å². The second-order valence-corrected chi connectivity index (χ2v) is 3.09. The zero-order valence-corrected chi connectivity index (χ0v) is 8.48. The summed E-state index contributed by atoms with van der Waals surface area (Å²) in [6.45, 7) is 0.814. The average molecular weight is 313 g/mol. The minimum absolute atomic E-state index is 1.57. The Hall–Kier alpha value is -0.810. The monoisotopic (exact) mass is 313 g/mol. The molecule has 115 valence electrons. The molecule has 1 radical (unpaired) electrons. The van der Waals surface area contributed by atoms with E-state index in [1.54, 1.807) is 0 Å². The van der Waals surface area contributed by atoms with Gasteiger partial charge in [0.25, 0.3) is 0 Å². The van der Waals surface area contributed by atoms with E-state index in [2.05, 4.69) is 11.7 Å². The molecule has 0 N–H and O–H groups in total. The molecular weight excluding hydrogens is 309 g/mol. The molecule has 0 unspecified atom stereocenters. The van der Waals surface area contributed by atoms with Crippen molar-refractivity contribution >= 4 is 0 Å².